The van der Waals surface area contributed by atoms with E-state index >= 15 is 0 Å². The molecule has 11 heavy (non-hydrogen) atoms. The maximum absolute atomic E-state index is 10.5. The summed E-state index contributed by atoms with van der Waals surface area (Å²) in [5, 5.41) is 8.62. The van der Waals surface area contributed by atoms with Crippen molar-refractivity contribution in [3.8, 4) is 0 Å². The van der Waals surface area contributed by atoms with Gasteiger partial charge in [-0.05, 0) is 18.8 Å². The highest BCUT2D eigenvalue weighted by molar-refractivity contribution is 5.81. The molecule has 0 radical (unpaired) electrons. The quantitative estimate of drug-likeness (QED) is 0.601. The van der Waals surface area contributed by atoms with Crippen LogP contribution in [0.5, 0.6) is 0 Å². The van der Waals surface area contributed by atoms with E-state index in [0.717, 1.165) is 12.8 Å². The number of hydrogen-bond donors (Lipinski definition) is 2. The van der Waals surface area contributed by atoms with Gasteiger partial charge in [-0.15, -0.1) is 0 Å². The zero-order valence-corrected chi connectivity index (χ0v) is 6.12. The van der Waals surface area contributed by atoms with Crippen LogP contribution in [0.1, 0.15) is 19.3 Å². The van der Waals surface area contributed by atoms with Crippen LogP contribution < -0.4 is 5.73 Å². The summed E-state index contributed by atoms with van der Waals surface area (Å²) in [6.45, 7) is 0. The lowest BCUT2D eigenvalue weighted by Crippen LogP contribution is -2.23. The molecule has 1 aliphatic carbocycles. The monoisotopic (exact) mass is 157 g/mol. The van der Waals surface area contributed by atoms with Gasteiger partial charge in [0.05, 0.1) is 5.92 Å². The van der Waals surface area contributed by atoms with Gasteiger partial charge in [-0.3, -0.25) is 9.59 Å². The predicted molar refractivity (Wildman–Crippen MR) is 37.7 cm³/mol. The molecule has 1 unspecified atom stereocenters. The van der Waals surface area contributed by atoms with Gasteiger partial charge < -0.3 is 10.8 Å². The Morgan fingerprint density at radius 1 is 1.55 bits per heavy atom. The number of aliphatic carboxylic acids is 1. The van der Waals surface area contributed by atoms with Crippen molar-refractivity contribution in [2.24, 2.45) is 17.6 Å². The van der Waals surface area contributed by atoms with Crippen LogP contribution in [0.25, 0.3) is 0 Å². The minimum absolute atomic E-state index is 0.0139. The van der Waals surface area contributed by atoms with Gasteiger partial charge in [-0.1, -0.05) is 0 Å². The molecule has 1 atom stereocenters. The number of carboxylic acid groups (broad SMARTS) is 1. The van der Waals surface area contributed by atoms with Gasteiger partial charge in [0.15, 0.2) is 0 Å². The van der Waals surface area contributed by atoms with Crippen LogP contribution in [-0.2, 0) is 9.59 Å². The molecule has 1 amide bonds. The number of amides is 1. The van der Waals surface area contributed by atoms with Gasteiger partial charge in [0.25, 0.3) is 0 Å². The molecule has 62 valence electrons. The predicted octanol–water partition coefficient (Wildman–Crippen LogP) is -0.0274. The van der Waals surface area contributed by atoms with Crippen molar-refractivity contribution in [3.05, 3.63) is 0 Å². The summed E-state index contributed by atoms with van der Waals surface area (Å²) in [4.78, 5) is 20.9. The minimum Gasteiger partial charge on any atom is -0.481 e. The Hall–Kier alpha value is -1.06. The molecule has 4 nitrogen and oxygen atoms in total. The number of carbonyl (C=O) groups is 2. The van der Waals surface area contributed by atoms with E-state index in [1.165, 1.54) is 0 Å². The first-order chi connectivity index (χ1) is 5.11. The average Bonchev–Trinajstić information content (AvgIpc) is 2.63. The standard InChI is InChI=1S/C7H11NO3/c8-6(9)3-5(7(10)11)4-1-2-4/h4-5H,1-3H2,(H2,8,9)(H,10,11). The van der Waals surface area contributed by atoms with E-state index in [1.54, 1.807) is 0 Å². The normalized spacial score (nSPS) is 19.3. The number of carbonyl (C=O) groups excluding carboxylic acids is 1. The topological polar surface area (TPSA) is 80.4 Å². The van der Waals surface area contributed by atoms with Crippen molar-refractivity contribution in [1.82, 2.24) is 0 Å². The van der Waals surface area contributed by atoms with Crippen LogP contribution >= 0.6 is 0 Å². The van der Waals surface area contributed by atoms with E-state index in [-0.39, 0.29) is 12.3 Å². The van der Waals surface area contributed by atoms with Crippen molar-refractivity contribution in [2.45, 2.75) is 19.3 Å². The smallest absolute Gasteiger partial charge is 0.307 e. The first-order valence-electron chi connectivity index (χ1n) is 3.62. The number of carboxylic acids is 1. The van der Waals surface area contributed by atoms with E-state index < -0.39 is 17.8 Å². The molecule has 4 heteroatoms. The van der Waals surface area contributed by atoms with Crippen LogP contribution in [0, 0.1) is 11.8 Å². The van der Waals surface area contributed by atoms with Crippen LogP contribution in [-0.4, -0.2) is 17.0 Å². The molecule has 0 heterocycles. The highest BCUT2D eigenvalue weighted by Crippen LogP contribution is 2.38. The van der Waals surface area contributed by atoms with Crippen LogP contribution in [0.3, 0.4) is 0 Å². The second-order valence-electron chi connectivity index (χ2n) is 2.95. The number of primary amides is 1. The Kier molecular flexibility index (Phi) is 2.12. The summed E-state index contributed by atoms with van der Waals surface area (Å²) < 4.78 is 0. The lowest BCUT2D eigenvalue weighted by molar-refractivity contribution is -0.144. The first kappa shape index (κ1) is 8.04. The van der Waals surface area contributed by atoms with E-state index in [4.69, 9.17) is 10.8 Å². The molecule has 0 bridgehead atoms. The maximum atomic E-state index is 10.5. The van der Waals surface area contributed by atoms with Crippen molar-refractivity contribution in [3.63, 3.8) is 0 Å². The Balaban J connectivity index is 2.45. The summed E-state index contributed by atoms with van der Waals surface area (Å²) >= 11 is 0. The molecule has 1 saturated carbocycles. The Morgan fingerprint density at radius 2 is 2.09 bits per heavy atom. The van der Waals surface area contributed by atoms with E-state index in [1.807, 2.05) is 0 Å². The molecule has 0 aromatic rings. The number of nitrogens with two attached hydrogens (primary N) is 1. The van der Waals surface area contributed by atoms with Crippen LogP contribution in [0.4, 0.5) is 0 Å². The lowest BCUT2D eigenvalue weighted by Gasteiger charge is -2.06. The lowest BCUT2D eigenvalue weighted by atomic mass is 10.00. The van der Waals surface area contributed by atoms with Crippen LogP contribution in [0.2, 0.25) is 0 Å². The fourth-order valence-electron chi connectivity index (χ4n) is 1.17. The van der Waals surface area contributed by atoms with Gasteiger partial charge in [-0.25, -0.2) is 0 Å². The van der Waals surface area contributed by atoms with E-state index in [2.05, 4.69) is 0 Å². The number of hydrogen-bond acceptors (Lipinski definition) is 2. The molecule has 1 fully saturated rings. The largest absolute Gasteiger partial charge is 0.481 e. The Bertz CT molecular complexity index is 186. The third kappa shape index (κ3) is 2.22. The summed E-state index contributed by atoms with van der Waals surface area (Å²) in [6.07, 6.45) is 1.83. The van der Waals surface area contributed by atoms with Crippen LogP contribution in [0.15, 0.2) is 0 Å². The average molecular weight is 157 g/mol. The van der Waals surface area contributed by atoms with Gasteiger partial charge in [0.2, 0.25) is 5.91 Å². The molecular weight excluding hydrogens is 146 g/mol. The third-order valence-corrected chi connectivity index (χ3v) is 1.93. The van der Waals surface area contributed by atoms with Crippen molar-refractivity contribution in [2.75, 3.05) is 0 Å². The van der Waals surface area contributed by atoms with Crippen molar-refractivity contribution >= 4 is 11.9 Å². The molecule has 1 rings (SSSR count). The Labute approximate surface area is 64.4 Å². The highest BCUT2D eigenvalue weighted by Gasteiger charge is 2.36. The summed E-state index contributed by atoms with van der Waals surface area (Å²) in [5.74, 6) is -1.76. The molecule has 0 aromatic carbocycles. The van der Waals surface area contributed by atoms with E-state index in [9.17, 15) is 9.59 Å². The second-order valence-corrected chi connectivity index (χ2v) is 2.95. The first-order valence-corrected chi connectivity index (χ1v) is 3.62. The van der Waals surface area contributed by atoms with Crippen molar-refractivity contribution < 1.29 is 14.7 Å². The summed E-state index contributed by atoms with van der Waals surface area (Å²) in [6, 6.07) is 0. The van der Waals surface area contributed by atoms with Crippen molar-refractivity contribution in [1.29, 1.82) is 0 Å². The van der Waals surface area contributed by atoms with Gasteiger partial charge >= 0.3 is 5.97 Å². The zero-order chi connectivity index (χ0) is 8.43. The summed E-state index contributed by atoms with van der Waals surface area (Å²) in [5.41, 5.74) is 4.89. The minimum atomic E-state index is -0.897. The van der Waals surface area contributed by atoms with Gasteiger partial charge in [0, 0.05) is 6.42 Å². The summed E-state index contributed by atoms with van der Waals surface area (Å²) in [7, 11) is 0. The fourth-order valence-corrected chi connectivity index (χ4v) is 1.17. The molecule has 0 aromatic heterocycles. The fraction of sp³-hybridized carbons (Fsp3) is 0.714. The van der Waals surface area contributed by atoms with E-state index in [0.29, 0.717) is 0 Å². The molecule has 3 N–H and O–H groups in total. The molecule has 0 saturated heterocycles. The Morgan fingerprint density at radius 3 is 2.36 bits per heavy atom. The molecule has 1 aliphatic rings. The zero-order valence-electron chi connectivity index (χ0n) is 6.12. The molecular formula is C7H11NO3. The molecule has 0 spiro atoms. The maximum Gasteiger partial charge on any atom is 0.307 e. The van der Waals surface area contributed by atoms with Gasteiger partial charge in [-0.2, -0.15) is 0 Å². The third-order valence-electron chi connectivity index (χ3n) is 1.93. The molecule has 0 aliphatic heterocycles. The highest BCUT2D eigenvalue weighted by atomic mass is 16.4. The van der Waals surface area contributed by atoms with Gasteiger partial charge in [0.1, 0.15) is 0 Å². The number of rotatable bonds is 4. The second kappa shape index (κ2) is 2.90. The SMILES string of the molecule is NC(=O)CC(C(=O)O)C1CC1.